The number of hydroxylamine groups is 1. The minimum absolute atomic E-state index is 0.0925. The van der Waals surface area contributed by atoms with Crippen LogP contribution in [0.15, 0.2) is 54.6 Å². The van der Waals surface area contributed by atoms with Crippen LogP contribution >= 0.6 is 0 Å². The first kappa shape index (κ1) is 38.2. The van der Waals surface area contributed by atoms with E-state index in [0.29, 0.717) is 24.5 Å². The van der Waals surface area contributed by atoms with Crippen LogP contribution in [0.2, 0.25) is 0 Å². The number of halogens is 6. The first-order valence-corrected chi connectivity index (χ1v) is 13.6. The number of ether oxygens (including phenoxy) is 1. The molecule has 2 heterocycles. The van der Waals surface area contributed by atoms with Crippen molar-refractivity contribution in [1.29, 1.82) is 0 Å². The van der Waals surface area contributed by atoms with Gasteiger partial charge in [0.05, 0.1) is 5.52 Å². The fourth-order valence-electron chi connectivity index (χ4n) is 4.23. The highest BCUT2D eigenvalue weighted by Crippen LogP contribution is 2.22. The monoisotopic (exact) mass is 676 g/mol. The summed E-state index contributed by atoms with van der Waals surface area (Å²) in [6, 6.07) is 17.1. The number of nitrogens with one attached hydrogen (secondary N) is 2. The van der Waals surface area contributed by atoms with Crippen molar-refractivity contribution in [2.45, 2.75) is 45.1 Å². The average Bonchev–Trinajstić information content (AvgIpc) is 2.99. The molecule has 256 valence electrons. The number of carbonyl (C=O) groups is 4. The number of piperidine rings is 1. The number of alkyl halides is 6. The zero-order chi connectivity index (χ0) is 35.4. The molecule has 18 heteroatoms. The van der Waals surface area contributed by atoms with Crippen molar-refractivity contribution < 1.29 is 65.7 Å². The molecule has 0 spiro atoms. The van der Waals surface area contributed by atoms with Crippen LogP contribution < -0.4 is 15.6 Å². The van der Waals surface area contributed by atoms with E-state index < -0.39 is 30.2 Å². The third kappa shape index (κ3) is 13.1. The Kier molecular flexibility index (Phi) is 13.9. The molecule has 4 rings (SSSR count). The van der Waals surface area contributed by atoms with Crippen molar-refractivity contribution in [2.24, 2.45) is 5.92 Å². The van der Waals surface area contributed by atoms with Gasteiger partial charge in [0.2, 0.25) is 5.91 Å². The number of aromatic nitrogens is 1. The van der Waals surface area contributed by atoms with Crippen LogP contribution in [0.5, 0.6) is 5.75 Å². The zero-order valence-corrected chi connectivity index (χ0v) is 24.6. The summed E-state index contributed by atoms with van der Waals surface area (Å²) in [5.74, 6) is -5.35. The highest BCUT2D eigenvalue weighted by Gasteiger charge is 2.38. The number of hydrazine groups is 1. The van der Waals surface area contributed by atoms with Crippen LogP contribution in [-0.2, 0) is 21.0 Å². The van der Waals surface area contributed by atoms with Gasteiger partial charge >= 0.3 is 24.3 Å². The summed E-state index contributed by atoms with van der Waals surface area (Å²) in [6.07, 6.45) is -8.17. The molecule has 47 heavy (non-hydrogen) atoms. The van der Waals surface area contributed by atoms with Crippen LogP contribution in [0.1, 0.15) is 40.9 Å². The lowest BCUT2D eigenvalue weighted by Crippen LogP contribution is -2.48. The Labute approximate surface area is 262 Å². The second-order valence-corrected chi connectivity index (χ2v) is 9.99. The summed E-state index contributed by atoms with van der Waals surface area (Å²) in [6.45, 7) is 3.67. The Morgan fingerprint density at radius 2 is 1.53 bits per heavy atom. The molecule has 0 unspecified atom stereocenters. The number of hydrogen-bond donors (Lipinski definition) is 5. The number of rotatable bonds is 7. The van der Waals surface area contributed by atoms with Crippen molar-refractivity contribution in [3.63, 3.8) is 0 Å². The fraction of sp³-hybridized carbons (Fsp3) is 0.345. The quantitative estimate of drug-likeness (QED) is 0.135. The Morgan fingerprint density at radius 3 is 2.09 bits per heavy atom. The Hall–Kier alpha value is -4.97. The van der Waals surface area contributed by atoms with E-state index in [9.17, 15) is 35.9 Å². The fourth-order valence-corrected chi connectivity index (χ4v) is 4.23. The molecule has 2 amide bonds. The Morgan fingerprint density at radius 1 is 0.957 bits per heavy atom. The zero-order valence-electron chi connectivity index (χ0n) is 24.6. The van der Waals surface area contributed by atoms with Crippen LogP contribution in [0.3, 0.4) is 0 Å². The molecule has 1 atom stereocenters. The largest absolute Gasteiger partial charge is 0.490 e. The van der Waals surface area contributed by atoms with Gasteiger partial charge in [0.25, 0.3) is 5.91 Å². The van der Waals surface area contributed by atoms with Crippen molar-refractivity contribution in [3.8, 4) is 5.75 Å². The SMILES string of the molecule is Cc1cc(COc2ccc(C(=O)NN3CCC[C@H](CC(=O)NO)C3)cc2)c2ccccc2n1.O=C(O)C(F)(F)F.O=C(O)C(F)(F)F. The lowest BCUT2D eigenvalue weighted by Gasteiger charge is -2.32. The number of nitrogens with zero attached hydrogens (tertiary/aromatic N) is 2. The summed E-state index contributed by atoms with van der Waals surface area (Å²) in [5, 5.41) is 25.9. The number of pyridine rings is 1. The maximum Gasteiger partial charge on any atom is 0.490 e. The first-order valence-electron chi connectivity index (χ1n) is 13.6. The van der Waals surface area contributed by atoms with Gasteiger partial charge in [-0.2, -0.15) is 26.3 Å². The summed E-state index contributed by atoms with van der Waals surface area (Å²) >= 11 is 0. The number of fused-ring (bicyclic) bond motifs is 1. The minimum atomic E-state index is -5.08. The normalized spacial score (nSPS) is 14.9. The molecule has 1 fully saturated rings. The number of hydrogen-bond acceptors (Lipinski definition) is 8. The van der Waals surface area contributed by atoms with E-state index in [1.54, 1.807) is 29.7 Å². The van der Waals surface area contributed by atoms with E-state index >= 15 is 0 Å². The first-order chi connectivity index (χ1) is 21.9. The number of amides is 2. The summed E-state index contributed by atoms with van der Waals surface area (Å²) < 4.78 is 69.4. The van der Waals surface area contributed by atoms with Gasteiger partial charge in [0, 0.05) is 41.7 Å². The minimum Gasteiger partial charge on any atom is -0.489 e. The van der Waals surface area contributed by atoms with E-state index in [1.807, 2.05) is 42.3 Å². The van der Waals surface area contributed by atoms with Crippen LogP contribution in [0.4, 0.5) is 26.3 Å². The molecule has 0 saturated carbocycles. The van der Waals surface area contributed by atoms with Crippen LogP contribution in [0, 0.1) is 12.8 Å². The van der Waals surface area contributed by atoms with Crippen molar-refractivity contribution in [2.75, 3.05) is 13.1 Å². The summed E-state index contributed by atoms with van der Waals surface area (Å²) in [7, 11) is 0. The molecule has 0 bridgehead atoms. The molecule has 0 aliphatic carbocycles. The average molecular weight is 677 g/mol. The maximum absolute atomic E-state index is 12.7. The summed E-state index contributed by atoms with van der Waals surface area (Å²) in [4.78, 5) is 46.4. The van der Waals surface area contributed by atoms with E-state index in [1.165, 1.54) is 0 Å². The molecule has 0 radical (unpaired) electrons. The van der Waals surface area contributed by atoms with E-state index in [4.69, 9.17) is 29.7 Å². The van der Waals surface area contributed by atoms with Crippen molar-refractivity contribution >= 4 is 34.7 Å². The smallest absolute Gasteiger partial charge is 0.489 e. The van der Waals surface area contributed by atoms with Gasteiger partial charge in [-0.3, -0.25) is 25.2 Å². The van der Waals surface area contributed by atoms with E-state index in [0.717, 1.165) is 41.5 Å². The van der Waals surface area contributed by atoms with Gasteiger partial charge in [-0.25, -0.2) is 20.1 Å². The lowest BCUT2D eigenvalue weighted by atomic mass is 9.95. The van der Waals surface area contributed by atoms with Crippen LogP contribution in [-0.4, -0.2) is 74.6 Å². The number of benzene rings is 2. The number of aliphatic carboxylic acids is 2. The molecule has 2 aromatic carbocycles. The Balaban J connectivity index is 0.000000459. The highest BCUT2D eigenvalue weighted by molar-refractivity contribution is 5.94. The van der Waals surface area contributed by atoms with Gasteiger partial charge < -0.3 is 14.9 Å². The number of carboxylic acids is 2. The molecular formula is C29H30F6N4O8. The molecule has 12 nitrogen and oxygen atoms in total. The molecule has 5 N–H and O–H groups in total. The number of carbonyl (C=O) groups excluding carboxylic acids is 2. The van der Waals surface area contributed by atoms with Gasteiger partial charge in [-0.05, 0) is 62.1 Å². The molecule has 1 saturated heterocycles. The maximum atomic E-state index is 12.7. The van der Waals surface area contributed by atoms with Crippen molar-refractivity contribution in [1.82, 2.24) is 20.9 Å². The predicted molar refractivity (Wildman–Crippen MR) is 151 cm³/mol. The number of carboxylic acid groups (broad SMARTS) is 2. The van der Waals surface area contributed by atoms with E-state index in [-0.39, 0.29) is 18.2 Å². The third-order valence-electron chi connectivity index (χ3n) is 6.30. The molecule has 1 aliphatic heterocycles. The van der Waals surface area contributed by atoms with Crippen LogP contribution in [0.25, 0.3) is 10.9 Å². The second kappa shape index (κ2) is 17.1. The third-order valence-corrected chi connectivity index (χ3v) is 6.30. The molecule has 1 aromatic heterocycles. The summed E-state index contributed by atoms with van der Waals surface area (Å²) in [5.41, 5.74) is 8.06. The molecule has 3 aromatic rings. The topological polar surface area (TPSA) is 178 Å². The highest BCUT2D eigenvalue weighted by atomic mass is 19.4. The van der Waals surface area contributed by atoms with Gasteiger partial charge in [0.1, 0.15) is 12.4 Å². The number of para-hydroxylation sites is 1. The molecular weight excluding hydrogens is 646 g/mol. The number of aryl methyl sites for hydroxylation is 1. The van der Waals surface area contributed by atoms with Crippen molar-refractivity contribution in [3.05, 3.63) is 71.4 Å². The standard InChI is InChI=1S/C25H28N4O4.2C2HF3O2/c1-17-13-20(22-6-2-3-7-23(22)26-17)16-33-21-10-8-19(9-11-21)25(31)27-29-12-4-5-18(15-29)14-24(30)28-32;2*3-2(4,5)1(6)7/h2-3,6-11,13,18,32H,4-5,12,14-16H2,1H3,(H,27,31)(H,28,30);2*(H,6,7)/t18-;;/m1../s1. The lowest BCUT2D eigenvalue weighted by molar-refractivity contribution is -0.193. The molecule has 1 aliphatic rings. The second-order valence-electron chi connectivity index (χ2n) is 9.99. The van der Waals surface area contributed by atoms with E-state index in [2.05, 4.69) is 10.4 Å². The van der Waals surface area contributed by atoms with Gasteiger partial charge in [-0.15, -0.1) is 0 Å². The predicted octanol–water partition coefficient (Wildman–Crippen LogP) is 4.64. The van der Waals surface area contributed by atoms with Gasteiger partial charge in [-0.1, -0.05) is 18.2 Å². The Bertz CT molecular complexity index is 1510. The van der Waals surface area contributed by atoms with Gasteiger partial charge in [0.15, 0.2) is 0 Å².